The zero-order valence-corrected chi connectivity index (χ0v) is 18.1. The van der Waals surface area contributed by atoms with E-state index in [0.717, 1.165) is 28.1 Å². The molecule has 2 aliphatic heterocycles. The van der Waals surface area contributed by atoms with Gasteiger partial charge in [-0.15, -0.1) is 0 Å². The fourth-order valence-electron chi connectivity index (χ4n) is 4.45. The summed E-state index contributed by atoms with van der Waals surface area (Å²) in [6.45, 7) is 2.12. The molecule has 3 N–H and O–H groups in total. The lowest BCUT2D eigenvalue weighted by Gasteiger charge is -2.36. The van der Waals surface area contributed by atoms with Gasteiger partial charge in [-0.2, -0.15) is 5.01 Å². The summed E-state index contributed by atoms with van der Waals surface area (Å²) in [5.74, 6) is -0.951. The molecule has 2 heterocycles. The van der Waals surface area contributed by atoms with Gasteiger partial charge in [-0.05, 0) is 42.9 Å². The summed E-state index contributed by atoms with van der Waals surface area (Å²) >= 11 is 0. The van der Waals surface area contributed by atoms with Crippen molar-refractivity contribution in [2.24, 2.45) is 0 Å². The SMILES string of the molecule is C[C@@]1(CCc2ccccc2)NC(=O)N(NC(=O)CN2CCc3ccccc3[C@@H]2CO)C1=O. The zero-order valence-electron chi connectivity index (χ0n) is 18.1. The maximum Gasteiger partial charge on any atom is 0.344 e. The molecule has 4 rings (SSSR count). The second kappa shape index (κ2) is 9.10. The molecule has 0 unspecified atom stereocenters. The first-order valence-electron chi connectivity index (χ1n) is 10.8. The third-order valence-electron chi connectivity index (χ3n) is 6.30. The number of benzene rings is 2. The third kappa shape index (κ3) is 4.37. The summed E-state index contributed by atoms with van der Waals surface area (Å²) in [5, 5.41) is 13.4. The minimum atomic E-state index is -1.09. The number of hydrogen-bond acceptors (Lipinski definition) is 5. The van der Waals surface area contributed by atoms with Gasteiger partial charge in [0.25, 0.3) is 11.8 Å². The van der Waals surface area contributed by atoms with Gasteiger partial charge < -0.3 is 10.4 Å². The molecule has 168 valence electrons. The van der Waals surface area contributed by atoms with Gasteiger partial charge in [-0.1, -0.05) is 54.6 Å². The number of aliphatic hydroxyl groups is 1. The van der Waals surface area contributed by atoms with E-state index in [1.54, 1.807) is 6.92 Å². The van der Waals surface area contributed by atoms with Crippen molar-refractivity contribution < 1.29 is 19.5 Å². The van der Waals surface area contributed by atoms with Crippen molar-refractivity contribution in [1.29, 1.82) is 0 Å². The van der Waals surface area contributed by atoms with E-state index >= 15 is 0 Å². The summed E-state index contributed by atoms with van der Waals surface area (Å²) in [5.41, 5.74) is 4.60. The van der Waals surface area contributed by atoms with Crippen LogP contribution in [0.3, 0.4) is 0 Å². The van der Waals surface area contributed by atoms with E-state index in [0.29, 0.717) is 19.4 Å². The van der Waals surface area contributed by atoms with E-state index in [4.69, 9.17) is 0 Å². The van der Waals surface area contributed by atoms with Gasteiger partial charge in [-0.3, -0.25) is 19.9 Å². The van der Waals surface area contributed by atoms with Crippen LogP contribution < -0.4 is 10.7 Å². The van der Waals surface area contributed by atoms with Crippen molar-refractivity contribution in [1.82, 2.24) is 20.7 Å². The number of urea groups is 1. The fraction of sp³-hybridized carbons (Fsp3) is 0.375. The van der Waals surface area contributed by atoms with Gasteiger partial charge in [0.15, 0.2) is 0 Å². The maximum absolute atomic E-state index is 12.9. The highest BCUT2D eigenvalue weighted by Gasteiger charge is 2.48. The van der Waals surface area contributed by atoms with Crippen LogP contribution >= 0.6 is 0 Å². The van der Waals surface area contributed by atoms with Gasteiger partial charge in [-0.25, -0.2) is 4.79 Å². The number of hydrogen-bond donors (Lipinski definition) is 3. The molecule has 4 amide bonds. The number of imide groups is 1. The second-order valence-corrected chi connectivity index (χ2v) is 8.54. The Morgan fingerprint density at radius 3 is 2.62 bits per heavy atom. The quantitative estimate of drug-likeness (QED) is 0.572. The number of amides is 4. The lowest BCUT2D eigenvalue weighted by molar-refractivity contribution is -0.139. The monoisotopic (exact) mass is 436 g/mol. The van der Waals surface area contributed by atoms with Gasteiger partial charge >= 0.3 is 6.03 Å². The first kappa shape index (κ1) is 22.0. The Bertz CT molecular complexity index is 1010. The van der Waals surface area contributed by atoms with Crippen LogP contribution in [0.5, 0.6) is 0 Å². The lowest BCUT2D eigenvalue weighted by Crippen LogP contribution is -2.52. The van der Waals surface area contributed by atoms with Crippen LogP contribution in [0.4, 0.5) is 4.79 Å². The molecule has 8 heteroatoms. The van der Waals surface area contributed by atoms with Crippen molar-refractivity contribution in [3.8, 4) is 0 Å². The average molecular weight is 437 g/mol. The molecule has 2 aliphatic rings. The Hall–Kier alpha value is -3.23. The van der Waals surface area contributed by atoms with Crippen molar-refractivity contribution >= 4 is 17.8 Å². The molecule has 0 saturated carbocycles. The highest BCUT2D eigenvalue weighted by molar-refractivity contribution is 6.07. The molecular weight excluding hydrogens is 408 g/mol. The smallest absolute Gasteiger partial charge is 0.344 e. The lowest BCUT2D eigenvalue weighted by atomic mass is 9.93. The molecule has 0 radical (unpaired) electrons. The van der Waals surface area contributed by atoms with Crippen molar-refractivity contribution in [3.05, 3.63) is 71.3 Å². The number of aryl methyl sites for hydroxylation is 1. The molecule has 8 nitrogen and oxygen atoms in total. The summed E-state index contributed by atoms with van der Waals surface area (Å²) in [6.07, 6.45) is 1.81. The largest absolute Gasteiger partial charge is 0.394 e. The number of aliphatic hydroxyl groups excluding tert-OH is 1. The van der Waals surface area contributed by atoms with Gasteiger partial charge in [0.05, 0.1) is 19.2 Å². The predicted molar refractivity (Wildman–Crippen MR) is 118 cm³/mol. The first-order chi connectivity index (χ1) is 15.4. The van der Waals surface area contributed by atoms with Crippen LogP contribution in [-0.2, 0) is 22.4 Å². The van der Waals surface area contributed by atoms with Crippen molar-refractivity contribution in [3.63, 3.8) is 0 Å². The number of fused-ring (bicyclic) bond motifs is 1. The fourth-order valence-corrected chi connectivity index (χ4v) is 4.45. The van der Waals surface area contributed by atoms with E-state index in [1.165, 1.54) is 0 Å². The third-order valence-corrected chi connectivity index (χ3v) is 6.30. The number of hydrazine groups is 1. The van der Waals surface area contributed by atoms with E-state index in [-0.39, 0.29) is 19.2 Å². The van der Waals surface area contributed by atoms with Crippen LogP contribution in [-0.4, -0.2) is 58.1 Å². The van der Waals surface area contributed by atoms with Gasteiger partial charge in [0.2, 0.25) is 0 Å². The van der Waals surface area contributed by atoms with Crippen molar-refractivity contribution in [2.45, 2.75) is 37.8 Å². The zero-order chi connectivity index (χ0) is 22.7. The summed E-state index contributed by atoms with van der Waals surface area (Å²) < 4.78 is 0. The Morgan fingerprint density at radius 1 is 1.16 bits per heavy atom. The minimum absolute atomic E-state index is 0.0304. The summed E-state index contributed by atoms with van der Waals surface area (Å²) in [6, 6.07) is 16.6. The molecular formula is C24H28N4O4. The minimum Gasteiger partial charge on any atom is -0.394 e. The number of carbonyl (C=O) groups excluding carboxylic acids is 3. The van der Waals surface area contributed by atoms with Crippen LogP contribution in [0.2, 0.25) is 0 Å². The Balaban J connectivity index is 1.38. The van der Waals surface area contributed by atoms with E-state index in [9.17, 15) is 19.5 Å². The molecule has 0 aromatic heterocycles. The van der Waals surface area contributed by atoms with E-state index < -0.39 is 23.4 Å². The predicted octanol–water partition coefficient (Wildman–Crippen LogP) is 1.55. The Labute approximate surface area is 187 Å². The first-order valence-corrected chi connectivity index (χ1v) is 10.8. The number of carbonyl (C=O) groups is 3. The van der Waals surface area contributed by atoms with E-state index in [2.05, 4.69) is 10.7 Å². The van der Waals surface area contributed by atoms with Crippen molar-refractivity contribution in [2.75, 3.05) is 19.7 Å². The summed E-state index contributed by atoms with van der Waals surface area (Å²) in [4.78, 5) is 40.0. The molecule has 0 spiro atoms. The van der Waals surface area contributed by atoms with Gasteiger partial charge in [0.1, 0.15) is 5.54 Å². The molecule has 32 heavy (non-hydrogen) atoms. The molecule has 0 aliphatic carbocycles. The highest BCUT2D eigenvalue weighted by atomic mass is 16.3. The normalized spacial score (nSPS) is 23.1. The number of rotatable bonds is 7. The molecule has 0 bridgehead atoms. The number of nitrogens with one attached hydrogen (secondary N) is 2. The maximum atomic E-state index is 12.9. The Morgan fingerprint density at radius 2 is 1.88 bits per heavy atom. The second-order valence-electron chi connectivity index (χ2n) is 8.54. The molecule has 1 fully saturated rings. The van der Waals surface area contributed by atoms with Gasteiger partial charge in [0, 0.05) is 6.54 Å². The van der Waals surface area contributed by atoms with Crippen LogP contribution in [0.25, 0.3) is 0 Å². The van der Waals surface area contributed by atoms with Crippen LogP contribution in [0, 0.1) is 0 Å². The summed E-state index contributed by atoms with van der Waals surface area (Å²) in [7, 11) is 0. The molecule has 2 aromatic carbocycles. The van der Waals surface area contributed by atoms with Crippen LogP contribution in [0.1, 0.15) is 36.1 Å². The highest BCUT2D eigenvalue weighted by Crippen LogP contribution is 2.29. The van der Waals surface area contributed by atoms with Crippen LogP contribution in [0.15, 0.2) is 54.6 Å². The number of nitrogens with zero attached hydrogens (tertiary/aromatic N) is 2. The standard InChI is InChI=1S/C24H28N4O4/c1-24(13-11-17-7-3-2-4-8-17)22(31)28(23(32)25-24)26-21(30)15-27-14-12-18-9-5-6-10-19(18)20(27)16-29/h2-10,20,29H,11-16H2,1H3,(H,25,32)(H,26,30)/t20-,24-/m0/s1. The van der Waals surface area contributed by atoms with E-state index in [1.807, 2.05) is 59.5 Å². The Kier molecular flexibility index (Phi) is 6.25. The molecule has 2 atom stereocenters. The molecule has 2 aromatic rings. The average Bonchev–Trinajstić information content (AvgIpc) is 3.01. The topological polar surface area (TPSA) is 102 Å². The molecule has 1 saturated heterocycles.